The molecule has 158 valence electrons. The molecule has 8 nitrogen and oxygen atoms in total. The summed E-state index contributed by atoms with van der Waals surface area (Å²) in [6, 6.07) is 9.97. The van der Waals surface area contributed by atoms with E-state index in [4.69, 9.17) is 14.2 Å². The second-order valence-corrected chi connectivity index (χ2v) is 8.47. The number of rotatable bonds is 9. The van der Waals surface area contributed by atoms with Crippen LogP contribution in [0.3, 0.4) is 0 Å². The lowest BCUT2D eigenvalue weighted by atomic mass is 10.1. The molecule has 2 rings (SSSR count). The van der Waals surface area contributed by atoms with Gasteiger partial charge in [0.25, 0.3) is 0 Å². The summed E-state index contributed by atoms with van der Waals surface area (Å²) in [7, 11) is 3.63. The molecule has 0 aliphatic heterocycles. The molecule has 0 radical (unpaired) electrons. The average molecular weight is 423 g/mol. The van der Waals surface area contributed by atoms with Gasteiger partial charge < -0.3 is 19.5 Å². The van der Waals surface area contributed by atoms with E-state index in [1.165, 1.54) is 33.3 Å². The average Bonchev–Trinajstić information content (AvgIpc) is 2.71. The van der Waals surface area contributed by atoms with E-state index in [0.717, 1.165) is 9.87 Å². The van der Waals surface area contributed by atoms with E-state index >= 15 is 0 Å². The van der Waals surface area contributed by atoms with Crippen LogP contribution in [0.5, 0.6) is 17.2 Å². The molecule has 0 spiro atoms. The number of amides is 1. The quantitative estimate of drug-likeness (QED) is 0.667. The fourth-order valence-electron chi connectivity index (χ4n) is 2.78. The van der Waals surface area contributed by atoms with Crippen molar-refractivity contribution in [2.45, 2.75) is 17.7 Å². The Labute approximate surface area is 171 Å². The molecule has 1 N–H and O–H groups in total. The van der Waals surface area contributed by atoms with Crippen molar-refractivity contribution in [1.82, 2.24) is 4.31 Å². The number of methoxy groups -OCH3 is 3. The lowest BCUT2D eigenvalue weighted by Gasteiger charge is -2.16. The van der Waals surface area contributed by atoms with Crippen molar-refractivity contribution in [3.63, 3.8) is 0 Å². The van der Waals surface area contributed by atoms with Crippen molar-refractivity contribution in [3.05, 3.63) is 42.0 Å². The molecule has 0 saturated heterocycles. The number of hydrogen-bond acceptors (Lipinski definition) is 6. The van der Waals surface area contributed by atoms with E-state index in [1.807, 2.05) is 12.1 Å². The summed E-state index contributed by atoms with van der Waals surface area (Å²) in [4.78, 5) is 12.4. The maximum Gasteiger partial charge on any atom is 0.246 e. The Morgan fingerprint density at radius 1 is 1.00 bits per heavy atom. The minimum Gasteiger partial charge on any atom is -0.495 e. The number of carbonyl (C=O) groups excluding carboxylic acids is 1. The van der Waals surface area contributed by atoms with Crippen molar-refractivity contribution in [2.24, 2.45) is 0 Å². The van der Waals surface area contributed by atoms with Gasteiger partial charge in [-0.25, -0.2) is 12.7 Å². The Morgan fingerprint density at radius 3 is 2.28 bits per heavy atom. The van der Waals surface area contributed by atoms with E-state index in [1.54, 1.807) is 26.4 Å². The number of para-hydroxylation sites is 1. The number of hydrogen-bond donors (Lipinski definition) is 1. The van der Waals surface area contributed by atoms with E-state index in [9.17, 15) is 13.2 Å². The molecule has 0 bridgehead atoms. The normalized spacial score (nSPS) is 11.2. The van der Waals surface area contributed by atoms with E-state index < -0.39 is 10.0 Å². The maximum atomic E-state index is 12.5. The van der Waals surface area contributed by atoms with Gasteiger partial charge in [-0.05, 0) is 36.2 Å². The second-order valence-electron chi connectivity index (χ2n) is 6.35. The number of nitrogens with zero attached hydrogens (tertiary/aromatic N) is 1. The highest BCUT2D eigenvalue weighted by molar-refractivity contribution is 7.89. The van der Waals surface area contributed by atoms with Crippen LogP contribution >= 0.6 is 0 Å². The van der Waals surface area contributed by atoms with Gasteiger partial charge in [-0.2, -0.15) is 0 Å². The number of anilines is 1. The standard InChI is InChI=1S/C20H26N2O6S/c1-22(2)29(24,25)18-13-15(10-11-16(18)26-3)21-19(23)12-9-14-7-6-8-17(27-4)20(14)28-5/h6-8,10-11,13H,9,12H2,1-5H3,(H,21,23). The van der Waals surface area contributed by atoms with Crippen LogP contribution < -0.4 is 19.5 Å². The summed E-state index contributed by atoms with van der Waals surface area (Å²) in [6.07, 6.45) is 0.622. The summed E-state index contributed by atoms with van der Waals surface area (Å²) in [6.45, 7) is 0. The summed E-state index contributed by atoms with van der Waals surface area (Å²) >= 11 is 0. The van der Waals surface area contributed by atoms with Gasteiger partial charge in [0, 0.05) is 26.2 Å². The van der Waals surface area contributed by atoms with Gasteiger partial charge in [-0.3, -0.25) is 4.79 Å². The first kappa shape index (κ1) is 22.5. The van der Waals surface area contributed by atoms with Gasteiger partial charge in [-0.15, -0.1) is 0 Å². The Balaban J connectivity index is 2.16. The van der Waals surface area contributed by atoms with Crippen LogP contribution in [0, 0.1) is 0 Å². The zero-order valence-corrected chi connectivity index (χ0v) is 18.0. The van der Waals surface area contributed by atoms with Gasteiger partial charge in [0.1, 0.15) is 10.6 Å². The molecule has 2 aromatic rings. The number of ether oxygens (including phenoxy) is 3. The second kappa shape index (κ2) is 9.62. The highest BCUT2D eigenvalue weighted by atomic mass is 32.2. The topological polar surface area (TPSA) is 94.2 Å². The first-order valence-corrected chi connectivity index (χ1v) is 10.3. The molecule has 1 amide bonds. The third kappa shape index (κ3) is 5.18. The zero-order chi connectivity index (χ0) is 21.6. The minimum absolute atomic E-state index is 0.0164. The summed E-state index contributed by atoms with van der Waals surface area (Å²) in [5, 5.41) is 2.73. The third-order valence-corrected chi connectivity index (χ3v) is 6.15. The Bertz CT molecular complexity index is 973. The molecule has 0 aliphatic carbocycles. The third-order valence-electron chi connectivity index (χ3n) is 4.31. The van der Waals surface area contributed by atoms with Gasteiger partial charge in [0.15, 0.2) is 11.5 Å². The van der Waals surface area contributed by atoms with Crippen molar-refractivity contribution >= 4 is 21.6 Å². The Morgan fingerprint density at radius 2 is 1.69 bits per heavy atom. The molecule has 0 aromatic heterocycles. The van der Waals surface area contributed by atoms with Crippen LogP contribution in [0.1, 0.15) is 12.0 Å². The zero-order valence-electron chi connectivity index (χ0n) is 17.2. The summed E-state index contributed by atoms with van der Waals surface area (Å²) in [5.41, 5.74) is 1.21. The summed E-state index contributed by atoms with van der Waals surface area (Å²) in [5.74, 6) is 1.14. The number of carbonyl (C=O) groups is 1. The highest BCUT2D eigenvalue weighted by Crippen LogP contribution is 2.32. The molecule has 29 heavy (non-hydrogen) atoms. The lowest BCUT2D eigenvalue weighted by Crippen LogP contribution is -2.23. The predicted octanol–water partition coefficient (Wildman–Crippen LogP) is 2.53. The molecule has 0 unspecified atom stereocenters. The van der Waals surface area contributed by atoms with Crippen molar-refractivity contribution in [3.8, 4) is 17.2 Å². The number of nitrogens with one attached hydrogen (secondary N) is 1. The van der Waals surface area contributed by atoms with Crippen molar-refractivity contribution in [2.75, 3.05) is 40.7 Å². The van der Waals surface area contributed by atoms with Gasteiger partial charge in [-0.1, -0.05) is 12.1 Å². The van der Waals surface area contributed by atoms with Gasteiger partial charge in [0.05, 0.1) is 21.3 Å². The van der Waals surface area contributed by atoms with Crippen molar-refractivity contribution < 1.29 is 27.4 Å². The van der Waals surface area contributed by atoms with E-state index in [0.29, 0.717) is 23.6 Å². The minimum atomic E-state index is -3.72. The number of aryl methyl sites for hydroxylation is 1. The summed E-state index contributed by atoms with van der Waals surface area (Å²) < 4.78 is 41.9. The van der Waals surface area contributed by atoms with E-state index in [2.05, 4.69) is 5.32 Å². The molecule has 0 heterocycles. The van der Waals surface area contributed by atoms with Crippen LogP contribution in [0.25, 0.3) is 0 Å². The fraction of sp³-hybridized carbons (Fsp3) is 0.350. The maximum absolute atomic E-state index is 12.5. The number of benzene rings is 2. The molecule has 0 aliphatic rings. The highest BCUT2D eigenvalue weighted by Gasteiger charge is 2.23. The van der Waals surface area contributed by atoms with Crippen LogP contribution in [0.2, 0.25) is 0 Å². The first-order chi connectivity index (χ1) is 13.7. The SMILES string of the molecule is COc1ccc(NC(=O)CCc2cccc(OC)c2OC)cc1S(=O)(=O)N(C)C. The monoisotopic (exact) mass is 422 g/mol. The number of sulfonamides is 1. The lowest BCUT2D eigenvalue weighted by molar-refractivity contribution is -0.116. The first-order valence-electron chi connectivity index (χ1n) is 8.84. The molecule has 0 fully saturated rings. The fourth-order valence-corrected chi connectivity index (χ4v) is 3.85. The van der Waals surface area contributed by atoms with Crippen LogP contribution in [0.15, 0.2) is 41.3 Å². The molecule has 2 aromatic carbocycles. The van der Waals surface area contributed by atoms with Crippen LogP contribution in [-0.4, -0.2) is 54.1 Å². The largest absolute Gasteiger partial charge is 0.495 e. The van der Waals surface area contributed by atoms with Crippen LogP contribution in [-0.2, 0) is 21.2 Å². The smallest absolute Gasteiger partial charge is 0.246 e. The molecular formula is C20H26N2O6S. The van der Waals surface area contributed by atoms with Gasteiger partial charge >= 0.3 is 0 Å². The van der Waals surface area contributed by atoms with E-state index in [-0.39, 0.29) is 23.0 Å². The molecule has 0 saturated carbocycles. The molecule has 0 atom stereocenters. The Hall–Kier alpha value is -2.78. The van der Waals surface area contributed by atoms with Crippen LogP contribution in [0.4, 0.5) is 5.69 Å². The Kier molecular flexibility index (Phi) is 7.46. The molecular weight excluding hydrogens is 396 g/mol. The predicted molar refractivity (Wildman–Crippen MR) is 110 cm³/mol. The molecule has 9 heteroatoms. The van der Waals surface area contributed by atoms with Gasteiger partial charge in [0.2, 0.25) is 15.9 Å². The van der Waals surface area contributed by atoms with Crippen molar-refractivity contribution in [1.29, 1.82) is 0 Å².